The molecule has 0 aliphatic heterocycles. The van der Waals surface area contributed by atoms with Crippen molar-refractivity contribution in [2.75, 3.05) is 5.32 Å². The molecule has 0 radical (unpaired) electrons. The van der Waals surface area contributed by atoms with Gasteiger partial charge in [0.25, 0.3) is 0 Å². The topological polar surface area (TPSA) is 78.9 Å². The normalized spacial score (nSPS) is 10.5. The highest BCUT2D eigenvalue weighted by Gasteiger charge is 2.24. The summed E-state index contributed by atoms with van der Waals surface area (Å²) in [5.74, 6) is -0.440. The molecular weight excluding hydrogens is 190 g/mol. The monoisotopic (exact) mass is 203 g/mol. The van der Waals surface area contributed by atoms with E-state index in [1.807, 2.05) is 6.07 Å². The molecule has 0 aliphatic carbocycles. The van der Waals surface area contributed by atoms with Crippen LogP contribution in [0.5, 0.6) is 0 Å². The van der Waals surface area contributed by atoms with Gasteiger partial charge in [0.1, 0.15) is 5.54 Å². The Hall–Kier alpha value is -2.02. The molecule has 0 saturated heterocycles. The maximum Gasteiger partial charge on any atom is 0.242 e. The first-order valence-electron chi connectivity index (χ1n) is 4.54. The third kappa shape index (κ3) is 2.71. The summed E-state index contributed by atoms with van der Waals surface area (Å²) in [5.41, 5.74) is 5.65. The molecule has 0 atom stereocenters. The molecule has 3 N–H and O–H groups in total. The summed E-state index contributed by atoms with van der Waals surface area (Å²) < 4.78 is 0. The van der Waals surface area contributed by atoms with Gasteiger partial charge >= 0.3 is 0 Å². The highest BCUT2D eigenvalue weighted by atomic mass is 16.1. The van der Waals surface area contributed by atoms with Crippen molar-refractivity contribution in [2.24, 2.45) is 5.73 Å². The van der Waals surface area contributed by atoms with Crippen LogP contribution in [0.2, 0.25) is 0 Å². The highest BCUT2D eigenvalue weighted by molar-refractivity contribution is 5.86. The van der Waals surface area contributed by atoms with Gasteiger partial charge < -0.3 is 11.1 Å². The molecule has 1 amide bonds. The minimum absolute atomic E-state index is 0.440. The second-order valence-corrected chi connectivity index (χ2v) is 3.81. The third-order valence-corrected chi connectivity index (χ3v) is 2.06. The number of benzene rings is 1. The number of hydrogen-bond acceptors (Lipinski definition) is 3. The lowest BCUT2D eigenvalue weighted by atomic mass is 10.0. The summed E-state index contributed by atoms with van der Waals surface area (Å²) in [4.78, 5) is 11.1. The molecule has 0 unspecified atom stereocenters. The lowest BCUT2D eigenvalue weighted by Gasteiger charge is -2.23. The number of primary amides is 1. The van der Waals surface area contributed by atoms with E-state index >= 15 is 0 Å². The lowest BCUT2D eigenvalue weighted by molar-refractivity contribution is -0.121. The first-order valence-corrected chi connectivity index (χ1v) is 4.54. The molecule has 4 nitrogen and oxygen atoms in total. The van der Waals surface area contributed by atoms with Crippen LogP contribution in [0, 0.1) is 11.3 Å². The molecule has 78 valence electrons. The molecule has 0 aromatic heterocycles. The Bertz CT molecular complexity index is 418. The van der Waals surface area contributed by atoms with Crippen molar-refractivity contribution in [3.8, 4) is 6.07 Å². The molecule has 0 heterocycles. The van der Waals surface area contributed by atoms with Crippen LogP contribution < -0.4 is 11.1 Å². The van der Waals surface area contributed by atoms with Gasteiger partial charge in [-0.2, -0.15) is 5.26 Å². The largest absolute Gasteiger partial charge is 0.372 e. The molecule has 1 aromatic carbocycles. The van der Waals surface area contributed by atoms with Gasteiger partial charge in [-0.05, 0) is 32.0 Å². The second kappa shape index (κ2) is 4.01. The van der Waals surface area contributed by atoms with Crippen molar-refractivity contribution in [2.45, 2.75) is 19.4 Å². The average molecular weight is 203 g/mol. The van der Waals surface area contributed by atoms with E-state index in [9.17, 15) is 4.79 Å². The number of rotatable bonds is 3. The van der Waals surface area contributed by atoms with E-state index in [4.69, 9.17) is 11.0 Å². The highest BCUT2D eigenvalue weighted by Crippen LogP contribution is 2.15. The Morgan fingerprint density at radius 2 is 2.20 bits per heavy atom. The molecule has 0 aliphatic rings. The van der Waals surface area contributed by atoms with Crippen molar-refractivity contribution in [3.63, 3.8) is 0 Å². The summed E-state index contributed by atoms with van der Waals surface area (Å²) in [5, 5.41) is 11.7. The van der Waals surface area contributed by atoms with Crippen molar-refractivity contribution < 1.29 is 4.79 Å². The quantitative estimate of drug-likeness (QED) is 0.775. The first kappa shape index (κ1) is 11.1. The number of carbonyl (C=O) groups excluding carboxylic acids is 1. The van der Waals surface area contributed by atoms with E-state index < -0.39 is 11.4 Å². The summed E-state index contributed by atoms with van der Waals surface area (Å²) in [7, 11) is 0. The molecule has 0 fully saturated rings. The summed E-state index contributed by atoms with van der Waals surface area (Å²) >= 11 is 0. The zero-order valence-corrected chi connectivity index (χ0v) is 8.74. The Balaban J connectivity index is 2.91. The molecule has 0 spiro atoms. The zero-order valence-electron chi connectivity index (χ0n) is 8.74. The van der Waals surface area contributed by atoms with E-state index in [0.717, 1.165) is 0 Å². The fraction of sp³-hybridized carbons (Fsp3) is 0.273. The standard InChI is InChI=1S/C11H13N3O/c1-11(2,10(13)15)14-9-5-3-4-8(6-9)7-12/h3-6,14H,1-2H3,(H2,13,15). The van der Waals surface area contributed by atoms with Gasteiger partial charge in [0, 0.05) is 5.69 Å². The van der Waals surface area contributed by atoms with Crippen molar-refractivity contribution in [1.82, 2.24) is 0 Å². The molecule has 4 heteroatoms. The predicted octanol–water partition coefficient (Wildman–Crippen LogP) is 1.23. The molecule has 0 bridgehead atoms. The summed E-state index contributed by atoms with van der Waals surface area (Å²) in [6, 6.07) is 8.93. The van der Waals surface area contributed by atoms with Crippen molar-refractivity contribution in [3.05, 3.63) is 29.8 Å². The number of nitrogens with two attached hydrogens (primary N) is 1. The average Bonchev–Trinajstić information content (AvgIpc) is 2.17. The van der Waals surface area contributed by atoms with Crippen LogP contribution in [0.1, 0.15) is 19.4 Å². The van der Waals surface area contributed by atoms with E-state index in [2.05, 4.69) is 5.32 Å². The second-order valence-electron chi connectivity index (χ2n) is 3.81. The SMILES string of the molecule is CC(C)(Nc1cccc(C#N)c1)C(N)=O. The predicted molar refractivity (Wildman–Crippen MR) is 58.1 cm³/mol. The van der Waals surface area contributed by atoms with Crippen LogP contribution in [0.4, 0.5) is 5.69 Å². The number of hydrogen-bond donors (Lipinski definition) is 2. The number of nitrogens with zero attached hydrogens (tertiary/aromatic N) is 1. The number of nitrogens with one attached hydrogen (secondary N) is 1. The summed E-state index contributed by atoms with van der Waals surface area (Å²) in [6.07, 6.45) is 0. The fourth-order valence-corrected chi connectivity index (χ4v) is 1.09. The molecular formula is C11H13N3O. The number of carbonyl (C=O) groups is 1. The van der Waals surface area contributed by atoms with Gasteiger partial charge in [-0.1, -0.05) is 6.07 Å². The van der Waals surface area contributed by atoms with Crippen molar-refractivity contribution in [1.29, 1.82) is 5.26 Å². The van der Waals surface area contributed by atoms with E-state index in [1.54, 1.807) is 38.1 Å². The maximum absolute atomic E-state index is 11.1. The van der Waals surface area contributed by atoms with Crippen LogP contribution in [0.15, 0.2) is 24.3 Å². The molecule has 15 heavy (non-hydrogen) atoms. The fourth-order valence-electron chi connectivity index (χ4n) is 1.09. The van der Waals surface area contributed by atoms with Gasteiger partial charge in [0.2, 0.25) is 5.91 Å². The smallest absolute Gasteiger partial charge is 0.242 e. The Morgan fingerprint density at radius 1 is 1.53 bits per heavy atom. The Morgan fingerprint density at radius 3 is 2.73 bits per heavy atom. The minimum atomic E-state index is -0.825. The first-order chi connectivity index (χ1) is 6.95. The minimum Gasteiger partial charge on any atom is -0.372 e. The number of amides is 1. The third-order valence-electron chi connectivity index (χ3n) is 2.06. The van der Waals surface area contributed by atoms with Crippen LogP contribution in [-0.4, -0.2) is 11.4 Å². The molecule has 1 aromatic rings. The maximum atomic E-state index is 11.1. The number of anilines is 1. The molecule has 0 saturated carbocycles. The van der Waals surface area contributed by atoms with Crippen LogP contribution >= 0.6 is 0 Å². The van der Waals surface area contributed by atoms with Gasteiger partial charge in [-0.3, -0.25) is 4.79 Å². The Labute approximate surface area is 88.7 Å². The Kier molecular flexibility index (Phi) is 2.96. The summed E-state index contributed by atoms with van der Waals surface area (Å²) in [6.45, 7) is 3.38. The van der Waals surface area contributed by atoms with Gasteiger partial charge in [0.15, 0.2) is 0 Å². The van der Waals surface area contributed by atoms with Gasteiger partial charge in [-0.25, -0.2) is 0 Å². The van der Waals surface area contributed by atoms with Crippen LogP contribution in [-0.2, 0) is 4.79 Å². The number of nitriles is 1. The van der Waals surface area contributed by atoms with Crippen LogP contribution in [0.25, 0.3) is 0 Å². The van der Waals surface area contributed by atoms with E-state index in [0.29, 0.717) is 11.3 Å². The zero-order chi connectivity index (χ0) is 11.5. The van der Waals surface area contributed by atoms with Crippen LogP contribution in [0.3, 0.4) is 0 Å². The van der Waals surface area contributed by atoms with Crippen molar-refractivity contribution >= 4 is 11.6 Å². The lowest BCUT2D eigenvalue weighted by Crippen LogP contribution is -2.45. The van der Waals surface area contributed by atoms with E-state index in [1.165, 1.54) is 0 Å². The van der Waals surface area contributed by atoms with Gasteiger partial charge in [0.05, 0.1) is 11.6 Å². The molecule has 1 rings (SSSR count). The van der Waals surface area contributed by atoms with E-state index in [-0.39, 0.29) is 0 Å². The van der Waals surface area contributed by atoms with Gasteiger partial charge in [-0.15, -0.1) is 0 Å².